The Morgan fingerprint density at radius 2 is 1.62 bits per heavy atom. The van der Waals surface area contributed by atoms with E-state index < -0.39 is 54.7 Å². The maximum atomic E-state index is 11.0. The van der Waals surface area contributed by atoms with Crippen molar-refractivity contribution >= 4 is 11.9 Å². The molecule has 0 fully saturated rings. The molecule has 0 aromatic heterocycles. The van der Waals surface area contributed by atoms with Gasteiger partial charge in [-0.2, -0.15) is 0 Å². The molecule has 0 aliphatic carbocycles. The van der Waals surface area contributed by atoms with Crippen LogP contribution in [-0.2, 0) is 9.59 Å². The summed E-state index contributed by atoms with van der Waals surface area (Å²) < 4.78 is 0. The first-order chi connectivity index (χ1) is 9.61. The van der Waals surface area contributed by atoms with Crippen molar-refractivity contribution in [3.05, 3.63) is 11.8 Å². The van der Waals surface area contributed by atoms with Gasteiger partial charge in [-0.15, -0.1) is 0 Å². The fraction of sp³-hybridized carbons (Fsp3) is 0.636. The highest BCUT2D eigenvalue weighted by molar-refractivity contribution is 5.83. The summed E-state index contributed by atoms with van der Waals surface area (Å²) in [5, 5.41) is 66.5. The minimum atomic E-state index is -1.94. The van der Waals surface area contributed by atoms with Crippen molar-refractivity contribution in [3.63, 3.8) is 0 Å². The summed E-state index contributed by atoms with van der Waals surface area (Å²) in [6.07, 6.45) is -7.06. The Bertz CT molecular complexity index is 397. The molecule has 0 saturated heterocycles. The number of carboxylic acid groups (broad SMARTS) is 1. The monoisotopic (exact) mass is 309 g/mol. The Balaban J connectivity index is 5.23. The molecule has 0 aliphatic rings. The first-order valence-corrected chi connectivity index (χ1v) is 5.86. The molecular formula is C11H19NO9. The number of carbonyl (C=O) groups excluding carboxylic acids is 1. The first-order valence-electron chi connectivity index (χ1n) is 5.86. The molecule has 0 spiro atoms. The van der Waals surface area contributed by atoms with E-state index in [9.17, 15) is 30.0 Å². The van der Waals surface area contributed by atoms with Crippen LogP contribution in [0.2, 0.25) is 0 Å². The van der Waals surface area contributed by atoms with Gasteiger partial charge in [0.25, 0.3) is 0 Å². The Morgan fingerprint density at radius 3 is 2.00 bits per heavy atom. The SMILES string of the molecule is CC(=O)N[C@@H]([C@@H](O)[C@H](O)[C@H](O)CO)[C@@H](O)C=C(O)C(=O)O. The molecule has 21 heavy (non-hydrogen) atoms. The van der Waals surface area contributed by atoms with Crippen LogP contribution in [0.3, 0.4) is 0 Å². The summed E-state index contributed by atoms with van der Waals surface area (Å²) in [6.45, 7) is 0.138. The number of hydrogen-bond donors (Lipinski definition) is 8. The third kappa shape index (κ3) is 6.06. The van der Waals surface area contributed by atoms with Crippen LogP contribution in [0.5, 0.6) is 0 Å². The van der Waals surface area contributed by atoms with Crippen LogP contribution >= 0.6 is 0 Å². The molecule has 0 saturated carbocycles. The van der Waals surface area contributed by atoms with E-state index in [0.717, 1.165) is 6.92 Å². The Labute approximate surface area is 119 Å². The highest BCUT2D eigenvalue weighted by atomic mass is 16.4. The number of rotatable bonds is 8. The molecule has 122 valence electrons. The van der Waals surface area contributed by atoms with Gasteiger partial charge in [-0.3, -0.25) is 4.79 Å². The smallest absolute Gasteiger partial charge is 0.370 e. The van der Waals surface area contributed by atoms with Crippen molar-refractivity contribution in [2.45, 2.75) is 37.4 Å². The fourth-order valence-electron chi connectivity index (χ4n) is 1.49. The van der Waals surface area contributed by atoms with Crippen LogP contribution in [0, 0.1) is 0 Å². The molecule has 0 aliphatic heterocycles. The number of aliphatic hydroxyl groups excluding tert-OH is 6. The van der Waals surface area contributed by atoms with Gasteiger partial charge < -0.3 is 41.1 Å². The molecule has 0 unspecified atom stereocenters. The summed E-state index contributed by atoms with van der Waals surface area (Å²) in [4.78, 5) is 21.5. The normalized spacial score (nSPS) is 19.2. The molecule has 0 radical (unpaired) electrons. The highest BCUT2D eigenvalue weighted by Gasteiger charge is 2.35. The van der Waals surface area contributed by atoms with Crippen molar-refractivity contribution in [3.8, 4) is 0 Å². The Morgan fingerprint density at radius 1 is 1.10 bits per heavy atom. The first kappa shape index (κ1) is 19.3. The molecule has 0 aromatic carbocycles. The average Bonchev–Trinajstić information content (AvgIpc) is 2.41. The predicted molar refractivity (Wildman–Crippen MR) is 67.1 cm³/mol. The van der Waals surface area contributed by atoms with Crippen molar-refractivity contribution in [2.75, 3.05) is 6.61 Å². The van der Waals surface area contributed by atoms with Gasteiger partial charge in [0.2, 0.25) is 5.91 Å². The van der Waals surface area contributed by atoms with E-state index in [-0.39, 0.29) is 0 Å². The van der Waals surface area contributed by atoms with E-state index in [1.54, 1.807) is 0 Å². The quantitative estimate of drug-likeness (QED) is 0.166. The lowest BCUT2D eigenvalue weighted by molar-refractivity contribution is -0.135. The number of aliphatic hydroxyl groups is 6. The fourth-order valence-corrected chi connectivity index (χ4v) is 1.49. The molecule has 10 heteroatoms. The lowest BCUT2D eigenvalue weighted by Crippen LogP contribution is -2.57. The van der Waals surface area contributed by atoms with Crippen molar-refractivity contribution in [1.82, 2.24) is 5.32 Å². The second kappa shape index (κ2) is 8.54. The lowest BCUT2D eigenvalue weighted by Gasteiger charge is -2.31. The van der Waals surface area contributed by atoms with Gasteiger partial charge >= 0.3 is 5.97 Å². The minimum absolute atomic E-state index is 0.435. The number of aliphatic carboxylic acids is 1. The molecule has 0 heterocycles. The van der Waals surface area contributed by atoms with E-state index in [1.807, 2.05) is 5.32 Å². The van der Waals surface area contributed by atoms with Gasteiger partial charge in [-0.25, -0.2) is 4.79 Å². The van der Waals surface area contributed by atoms with Gasteiger partial charge in [-0.1, -0.05) is 0 Å². The van der Waals surface area contributed by atoms with Gasteiger partial charge in [-0.05, 0) is 6.08 Å². The number of nitrogens with one attached hydrogen (secondary N) is 1. The van der Waals surface area contributed by atoms with Gasteiger partial charge in [0.05, 0.1) is 18.8 Å². The van der Waals surface area contributed by atoms with Crippen molar-refractivity contribution in [1.29, 1.82) is 0 Å². The third-order valence-electron chi connectivity index (χ3n) is 2.58. The highest BCUT2D eigenvalue weighted by Crippen LogP contribution is 2.11. The molecule has 0 rings (SSSR count). The zero-order valence-electron chi connectivity index (χ0n) is 11.1. The van der Waals surface area contributed by atoms with Crippen LogP contribution < -0.4 is 5.32 Å². The summed E-state index contributed by atoms with van der Waals surface area (Å²) in [7, 11) is 0. The average molecular weight is 309 g/mol. The molecule has 10 nitrogen and oxygen atoms in total. The largest absolute Gasteiger partial charge is 0.502 e. The van der Waals surface area contributed by atoms with Crippen molar-refractivity contribution in [2.24, 2.45) is 0 Å². The summed E-state index contributed by atoms with van der Waals surface area (Å²) in [5.41, 5.74) is 0. The van der Waals surface area contributed by atoms with E-state index in [2.05, 4.69) is 0 Å². The Kier molecular flexibility index (Phi) is 7.84. The van der Waals surface area contributed by atoms with Gasteiger partial charge in [0.15, 0.2) is 5.76 Å². The zero-order chi connectivity index (χ0) is 16.7. The Hall–Kier alpha value is -1.72. The second-order valence-electron chi connectivity index (χ2n) is 4.31. The van der Waals surface area contributed by atoms with Crippen LogP contribution in [0.4, 0.5) is 0 Å². The number of amides is 1. The third-order valence-corrected chi connectivity index (χ3v) is 2.58. The van der Waals surface area contributed by atoms with Crippen LogP contribution in [0.1, 0.15) is 6.92 Å². The van der Waals surface area contributed by atoms with Gasteiger partial charge in [0.1, 0.15) is 18.3 Å². The molecule has 0 bridgehead atoms. The maximum Gasteiger partial charge on any atom is 0.370 e. The molecule has 8 N–H and O–H groups in total. The molecule has 0 aromatic rings. The number of hydrogen-bond acceptors (Lipinski definition) is 8. The zero-order valence-corrected chi connectivity index (χ0v) is 11.1. The standard InChI is InChI=1S/C11H19NO9/c1-4(14)12-8(5(15)2-6(16)11(20)21)10(19)9(18)7(17)3-13/h2,5,7-10,13,15-19H,3H2,1H3,(H,12,14)(H,20,21)/t5-,7+,8+,9+,10+/m0/s1. The van der Waals surface area contributed by atoms with E-state index >= 15 is 0 Å². The van der Waals surface area contributed by atoms with Crippen molar-refractivity contribution < 1.29 is 45.3 Å². The van der Waals surface area contributed by atoms with Crippen LogP contribution in [0.25, 0.3) is 0 Å². The summed E-state index contributed by atoms with van der Waals surface area (Å²) in [5.74, 6) is -3.71. The summed E-state index contributed by atoms with van der Waals surface area (Å²) in [6, 6.07) is -1.62. The second-order valence-corrected chi connectivity index (χ2v) is 4.31. The van der Waals surface area contributed by atoms with E-state index in [0.29, 0.717) is 6.08 Å². The van der Waals surface area contributed by atoms with E-state index in [4.69, 9.17) is 15.3 Å². The number of carbonyl (C=O) groups is 2. The predicted octanol–water partition coefficient (Wildman–Crippen LogP) is -3.55. The van der Waals surface area contributed by atoms with Crippen LogP contribution in [0.15, 0.2) is 11.8 Å². The lowest BCUT2D eigenvalue weighted by atomic mass is 9.96. The van der Waals surface area contributed by atoms with Gasteiger partial charge in [0, 0.05) is 6.92 Å². The summed E-state index contributed by atoms with van der Waals surface area (Å²) >= 11 is 0. The molecular weight excluding hydrogens is 290 g/mol. The molecule has 1 amide bonds. The molecule has 5 atom stereocenters. The maximum absolute atomic E-state index is 11.0. The minimum Gasteiger partial charge on any atom is -0.502 e. The topological polar surface area (TPSA) is 188 Å². The van der Waals surface area contributed by atoms with E-state index in [1.165, 1.54) is 0 Å². The van der Waals surface area contributed by atoms with Crippen LogP contribution in [-0.4, -0.2) is 84.7 Å². The number of carboxylic acids is 1.